The second-order valence-electron chi connectivity index (χ2n) is 6.33. The summed E-state index contributed by atoms with van der Waals surface area (Å²) in [5.41, 5.74) is 5.50. The quantitative estimate of drug-likeness (QED) is 0.481. The summed E-state index contributed by atoms with van der Waals surface area (Å²) in [5, 5.41) is 0. The number of hydrogen-bond donors (Lipinski definition) is 1. The summed E-state index contributed by atoms with van der Waals surface area (Å²) in [6, 6.07) is 14.5. The Morgan fingerprint density at radius 1 is 1.00 bits per heavy atom. The van der Waals surface area contributed by atoms with Gasteiger partial charge >= 0.3 is 22.1 Å². The number of esters is 2. The lowest BCUT2D eigenvalue weighted by Crippen LogP contribution is -2.48. The van der Waals surface area contributed by atoms with Crippen LogP contribution in [0.25, 0.3) is 0 Å². The van der Waals surface area contributed by atoms with Gasteiger partial charge in [0, 0.05) is 0 Å². The van der Waals surface area contributed by atoms with Crippen molar-refractivity contribution in [2.45, 2.75) is 25.5 Å². The van der Waals surface area contributed by atoms with E-state index in [4.69, 9.17) is 19.4 Å². The maximum atomic E-state index is 12.8. The Morgan fingerprint density at radius 3 is 2.17 bits per heavy atom. The van der Waals surface area contributed by atoms with Gasteiger partial charge < -0.3 is 19.4 Å². The number of carbonyl (C=O) groups is 2. The molecule has 0 aromatic heterocycles. The van der Waals surface area contributed by atoms with E-state index in [0.29, 0.717) is 0 Å². The molecule has 2 rings (SSSR count). The van der Waals surface area contributed by atoms with Crippen molar-refractivity contribution in [3.63, 3.8) is 0 Å². The van der Waals surface area contributed by atoms with Gasteiger partial charge in [-0.1, -0.05) is 42.5 Å². The minimum atomic E-state index is -3.70. The van der Waals surface area contributed by atoms with Crippen molar-refractivity contribution in [3.8, 4) is 5.75 Å². The van der Waals surface area contributed by atoms with Crippen LogP contribution in [-0.2, 0) is 41.3 Å². The van der Waals surface area contributed by atoms with Crippen LogP contribution in [0.4, 0.5) is 0 Å². The van der Waals surface area contributed by atoms with E-state index in [9.17, 15) is 18.0 Å². The van der Waals surface area contributed by atoms with E-state index in [-0.39, 0.29) is 24.5 Å². The van der Waals surface area contributed by atoms with Crippen molar-refractivity contribution in [2.75, 3.05) is 12.9 Å². The third-order valence-electron chi connectivity index (χ3n) is 3.92. The van der Waals surface area contributed by atoms with Crippen LogP contribution in [0.1, 0.15) is 24.5 Å². The average Bonchev–Trinajstić information content (AvgIpc) is 2.66. The Kier molecular flexibility index (Phi) is 7.35. The minimum Gasteiger partial charge on any atom is -0.466 e. The first kappa shape index (κ1) is 22.4. The zero-order valence-electron chi connectivity index (χ0n) is 16.2. The fourth-order valence-corrected chi connectivity index (χ4v) is 3.03. The molecule has 0 radical (unpaired) electrons. The summed E-state index contributed by atoms with van der Waals surface area (Å²) < 4.78 is 37.5. The highest BCUT2D eigenvalue weighted by Gasteiger charge is 2.40. The first-order valence-corrected chi connectivity index (χ1v) is 10.6. The van der Waals surface area contributed by atoms with Gasteiger partial charge in [-0.05, 0) is 30.2 Å². The molecule has 0 bridgehead atoms. The zero-order chi connectivity index (χ0) is 21.5. The van der Waals surface area contributed by atoms with Crippen molar-refractivity contribution in [1.29, 1.82) is 0 Å². The molecular formula is C20H23NO7S. The molecule has 0 saturated heterocycles. The zero-order valence-corrected chi connectivity index (χ0v) is 17.0. The molecule has 2 aromatic carbocycles. The smallest absolute Gasteiger partial charge is 0.331 e. The minimum absolute atomic E-state index is 0.0171. The highest BCUT2D eigenvalue weighted by molar-refractivity contribution is 7.86. The van der Waals surface area contributed by atoms with Gasteiger partial charge in [-0.15, -0.1) is 0 Å². The fourth-order valence-electron chi connectivity index (χ4n) is 2.57. The van der Waals surface area contributed by atoms with Crippen molar-refractivity contribution in [3.05, 3.63) is 65.7 Å². The van der Waals surface area contributed by atoms with Crippen LogP contribution >= 0.6 is 0 Å². The van der Waals surface area contributed by atoms with Crippen LogP contribution in [0.2, 0.25) is 0 Å². The highest BCUT2D eigenvalue weighted by Crippen LogP contribution is 2.27. The second kappa shape index (κ2) is 9.53. The molecule has 0 fully saturated rings. The number of benzene rings is 2. The Morgan fingerprint density at radius 2 is 1.62 bits per heavy atom. The van der Waals surface area contributed by atoms with E-state index < -0.39 is 34.0 Å². The molecule has 8 nitrogen and oxygen atoms in total. The summed E-state index contributed by atoms with van der Waals surface area (Å²) in [6.07, 6.45) is 0.469. The molecule has 29 heavy (non-hydrogen) atoms. The van der Waals surface area contributed by atoms with Crippen LogP contribution in [0.15, 0.2) is 54.6 Å². The molecule has 0 aliphatic rings. The monoisotopic (exact) mass is 421 g/mol. The van der Waals surface area contributed by atoms with E-state index in [1.165, 1.54) is 24.3 Å². The van der Waals surface area contributed by atoms with E-state index >= 15 is 0 Å². The molecule has 0 spiro atoms. The Balaban J connectivity index is 2.26. The van der Waals surface area contributed by atoms with Gasteiger partial charge in [0.1, 0.15) is 12.4 Å². The maximum Gasteiger partial charge on any atom is 0.331 e. The van der Waals surface area contributed by atoms with Crippen LogP contribution in [-0.4, -0.2) is 33.2 Å². The molecule has 0 heterocycles. The maximum absolute atomic E-state index is 12.8. The predicted octanol–water partition coefficient (Wildman–Crippen LogP) is 1.88. The van der Waals surface area contributed by atoms with Crippen LogP contribution in [0, 0.1) is 0 Å². The molecular weight excluding hydrogens is 398 g/mol. The number of rotatable bonds is 9. The topological polar surface area (TPSA) is 122 Å². The number of carbonyl (C=O) groups excluding carboxylic acids is 2. The van der Waals surface area contributed by atoms with Gasteiger partial charge in [0.05, 0.1) is 19.3 Å². The standard InChI is InChI=1S/C20H23NO7S/c1-3-26-18(22)13-20(21,19(23)27-14-15-7-5-4-6-8-15)16-9-11-17(12-10-16)28-29(2,24)25/h4-12H,3,13-14,21H2,1-2H3. The molecule has 1 atom stereocenters. The van der Waals surface area contributed by atoms with Gasteiger partial charge in [0.15, 0.2) is 5.54 Å². The highest BCUT2D eigenvalue weighted by atomic mass is 32.2. The van der Waals surface area contributed by atoms with Gasteiger partial charge in [-0.3, -0.25) is 4.79 Å². The van der Waals surface area contributed by atoms with E-state index in [1.807, 2.05) is 6.07 Å². The Labute approximate surface area is 169 Å². The SMILES string of the molecule is CCOC(=O)CC(N)(C(=O)OCc1ccccc1)c1ccc(OS(C)(=O)=O)cc1. The molecule has 1 unspecified atom stereocenters. The van der Waals surface area contributed by atoms with E-state index in [0.717, 1.165) is 11.8 Å². The Hall–Kier alpha value is -2.91. The number of nitrogens with two attached hydrogens (primary N) is 1. The molecule has 2 aromatic rings. The summed E-state index contributed by atoms with van der Waals surface area (Å²) in [5.74, 6) is -1.43. The van der Waals surface area contributed by atoms with Crippen molar-refractivity contribution in [2.24, 2.45) is 5.73 Å². The average molecular weight is 421 g/mol. The van der Waals surface area contributed by atoms with Gasteiger partial charge in [-0.2, -0.15) is 8.42 Å². The molecule has 156 valence electrons. The molecule has 9 heteroatoms. The second-order valence-corrected chi connectivity index (χ2v) is 7.90. The molecule has 0 aliphatic heterocycles. The summed E-state index contributed by atoms with van der Waals surface area (Å²) in [4.78, 5) is 24.9. The fraction of sp³-hybridized carbons (Fsp3) is 0.300. The first-order chi connectivity index (χ1) is 13.6. The van der Waals surface area contributed by atoms with Crippen LogP contribution in [0.3, 0.4) is 0 Å². The lowest BCUT2D eigenvalue weighted by Gasteiger charge is -2.27. The van der Waals surface area contributed by atoms with E-state index in [1.54, 1.807) is 31.2 Å². The lowest BCUT2D eigenvalue weighted by atomic mass is 9.87. The predicted molar refractivity (Wildman–Crippen MR) is 105 cm³/mol. The normalized spacial score (nSPS) is 13.2. The Bertz CT molecular complexity index is 943. The van der Waals surface area contributed by atoms with Gasteiger partial charge in [-0.25, -0.2) is 4.79 Å². The van der Waals surface area contributed by atoms with Crippen molar-refractivity contribution >= 4 is 22.1 Å². The van der Waals surface area contributed by atoms with Crippen LogP contribution < -0.4 is 9.92 Å². The third kappa shape index (κ3) is 6.58. The molecule has 0 amide bonds. The number of hydrogen-bond acceptors (Lipinski definition) is 8. The van der Waals surface area contributed by atoms with Gasteiger partial charge in [0.2, 0.25) is 0 Å². The third-order valence-corrected chi connectivity index (χ3v) is 4.42. The summed E-state index contributed by atoms with van der Waals surface area (Å²) in [6.45, 7) is 1.76. The van der Waals surface area contributed by atoms with Crippen LogP contribution in [0.5, 0.6) is 5.75 Å². The van der Waals surface area contributed by atoms with Crippen molar-refractivity contribution in [1.82, 2.24) is 0 Å². The molecule has 2 N–H and O–H groups in total. The summed E-state index contributed by atoms with van der Waals surface area (Å²) in [7, 11) is -3.70. The molecule has 0 aliphatic carbocycles. The summed E-state index contributed by atoms with van der Waals surface area (Å²) >= 11 is 0. The largest absolute Gasteiger partial charge is 0.466 e. The first-order valence-electron chi connectivity index (χ1n) is 8.79. The number of ether oxygens (including phenoxy) is 2. The van der Waals surface area contributed by atoms with Crippen molar-refractivity contribution < 1.29 is 31.7 Å². The lowest BCUT2D eigenvalue weighted by molar-refractivity contribution is -0.158. The van der Waals surface area contributed by atoms with E-state index in [2.05, 4.69) is 0 Å². The van der Waals surface area contributed by atoms with Gasteiger partial charge in [0.25, 0.3) is 0 Å². The molecule has 0 saturated carbocycles.